The summed E-state index contributed by atoms with van der Waals surface area (Å²) in [6.45, 7) is 6.20. The fourth-order valence-corrected chi connectivity index (χ4v) is 4.16. The van der Waals surface area contributed by atoms with Gasteiger partial charge < -0.3 is 20.9 Å². The number of nitrogens with zero attached hydrogens (tertiary/aromatic N) is 1. The molecule has 1 saturated heterocycles. The molecule has 3 aromatic rings. The van der Waals surface area contributed by atoms with Crippen molar-refractivity contribution in [1.29, 1.82) is 0 Å². The number of primary amides is 1. The van der Waals surface area contributed by atoms with Gasteiger partial charge in [0.15, 0.2) is 0 Å². The predicted octanol–water partition coefficient (Wildman–Crippen LogP) is 3.46. The molecule has 4 rings (SSSR count). The number of rotatable bonds is 5. The largest absolute Gasteiger partial charge is 0.381 e. The SMILES string of the molecule is Cc1ccc(C)c2[nH]c(=O)c(CNc3ccc(N4CCC(C(N)=O)CC4)cc3)cc12. The van der Waals surface area contributed by atoms with Crippen molar-refractivity contribution in [2.75, 3.05) is 23.3 Å². The zero-order valence-corrected chi connectivity index (χ0v) is 17.5. The third kappa shape index (κ3) is 4.03. The van der Waals surface area contributed by atoms with Crippen LogP contribution in [0.25, 0.3) is 10.9 Å². The van der Waals surface area contributed by atoms with E-state index in [0.29, 0.717) is 12.1 Å². The van der Waals surface area contributed by atoms with E-state index in [-0.39, 0.29) is 17.4 Å². The summed E-state index contributed by atoms with van der Waals surface area (Å²) in [5, 5.41) is 4.44. The molecular formula is C24H28N4O2. The third-order valence-corrected chi connectivity index (χ3v) is 6.13. The lowest BCUT2D eigenvalue weighted by atomic mass is 9.96. The molecule has 1 fully saturated rings. The fraction of sp³-hybridized carbons (Fsp3) is 0.333. The molecule has 1 aliphatic rings. The predicted molar refractivity (Wildman–Crippen MR) is 122 cm³/mol. The number of aryl methyl sites for hydroxylation is 2. The number of hydrogen-bond acceptors (Lipinski definition) is 4. The number of nitrogens with two attached hydrogens (primary N) is 1. The topological polar surface area (TPSA) is 91.2 Å². The maximum atomic E-state index is 12.5. The Morgan fingerprint density at radius 1 is 1.10 bits per heavy atom. The molecule has 0 aliphatic carbocycles. The molecule has 1 aliphatic heterocycles. The van der Waals surface area contributed by atoms with Crippen LogP contribution in [0.15, 0.2) is 47.3 Å². The smallest absolute Gasteiger partial charge is 0.253 e. The van der Waals surface area contributed by atoms with Gasteiger partial charge in [0.1, 0.15) is 0 Å². The second-order valence-electron chi connectivity index (χ2n) is 8.18. The van der Waals surface area contributed by atoms with Crippen LogP contribution in [-0.2, 0) is 11.3 Å². The van der Waals surface area contributed by atoms with Crippen LogP contribution in [0, 0.1) is 19.8 Å². The quantitative estimate of drug-likeness (QED) is 0.607. The van der Waals surface area contributed by atoms with E-state index >= 15 is 0 Å². The van der Waals surface area contributed by atoms with Crippen LogP contribution in [0.5, 0.6) is 0 Å². The lowest BCUT2D eigenvalue weighted by Crippen LogP contribution is -2.38. The number of nitrogens with one attached hydrogen (secondary N) is 2. The number of pyridine rings is 1. The number of hydrogen-bond donors (Lipinski definition) is 3. The average Bonchev–Trinajstić information content (AvgIpc) is 2.76. The number of aromatic amines is 1. The van der Waals surface area contributed by atoms with Crippen LogP contribution in [0.3, 0.4) is 0 Å². The number of carbonyl (C=O) groups excluding carboxylic acids is 1. The summed E-state index contributed by atoms with van der Waals surface area (Å²) in [5.74, 6) is -0.196. The van der Waals surface area contributed by atoms with Crippen molar-refractivity contribution < 1.29 is 4.79 Å². The van der Waals surface area contributed by atoms with Gasteiger partial charge in [-0.2, -0.15) is 0 Å². The summed E-state index contributed by atoms with van der Waals surface area (Å²) in [6.07, 6.45) is 1.61. The van der Waals surface area contributed by atoms with Crippen molar-refractivity contribution in [1.82, 2.24) is 4.98 Å². The first-order valence-corrected chi connectivity index (χ1v) is 10.4. The van der Waals surface area contributed by atoms with Gasteiger partial charge in [-0.25, -0.2) is 0 Å². The maximum Gasteiger partial charge on any atom is 0.253 e. The van der Waals surface area contributed by atoms with Gasteiger partial charge in [-0.15, -0.1) is 0 Å². The molecule has 6 nitrogen and oxygen atoms in total. The highest BCUT2D eigenvalue weighted by molar-refractivity contribution is 5.85. The Morgan fingerprint density at radius 3 is 2.43 bits per heavy atom. The van der Waals surface area contributed by atoms with Crippen molar-refractivity contribution in [3.63, 3.8) is 0 Å². The van der Waals surface area contributed by atoms with E-state index in [9.17, 15) is 9.59 Å². The van der Waals surface area contributed by atoms with Crippen LogP contribution < -0.4 is 21.5 Å². The van der Waals surface area contributed by atoms with Crippen LogP contribution in [0.1, 0.15) is 29.5 Å². The summed E-state index contributed by atoms with van der Waals surface area (Å²) in [4.78, 5) is 29.2. The van der Waals surface area contributed by atoms with Crippen LogP contribution in [0.4, 0.5) is 11.4 Å². The Labute approximate surface area is 176 Å². The molecule has 0 spiro atoms. The van der Waals surface area contributed by atoms with Gasteiger partial charge in [0, 0.05) is 47.9 Å². The Kier molecular flexibility index (Phi) is 5.48. The molecule has 0 saturated carbocycles. The van der Waals surface area contributed by atoms with E-state index < -0.39 is 0 Å². The molecule has 0 bridgehead atoms. The highest BCUT2D eigenvalue weighted by atomic mass is 16.1. The number of anilines is 2. The minimum absolute atomic E-state index is 0.00495. The van der Waals surface area contributed by atoms with Gasteiger partial charge in [0.05, 0.1) is 5.52 Å². The van der Waals surface area contributed by atoms with Crippen molar-refractivity contribution in [2.24, 2.45) is 11.7 Å². The summed E-state index contributed by atoms with van der Waals surface area (Å²) < 4.78 is 0. The van der Waals surface area contributed by atoms with E-state index in [1.165, 1.54) is 0 Å². The number of benzene rings is 2. The summed E-state index contributed by atoms with van der Waals surface area (Å²) >= 11 is 0. The standard InChI is InChI=1S/C24H28N4O2/c1-15-3-4-16(2)22-21(15)13-18(24(30)27-22)14-26-19-5-7-20(8-6-19)28-11-9-17(10-12-28)23(25)29/h3-8,13,17,26H,9-12,14H2,1-2H3,(H2,25,29)(H,27,30). The number of carbonyl (C=O) groups is 1. The molecule has 1 aromatic heterocycles. The molecule has 6 heteroatoms. The van der Waals surface area contributed by atoms with Gasteiger partial charge in [-0.05, 0) is 68.1 Å². The number of fused-ring (bicyclic) bond motifs is 1. The zero-order chi connectivity index (χ0) is 21.3. The highest BCUT2D eigenvalue weighted by Crippen LogP contribution is 2.25. The van der Waals surface area contributed by atoms with Crippen molar-refractivity contribution in [3.05, 3.63) is 69.5 Å². The Balaban J connectivity index is 1.43. The monoisotopic (exact) mass is 404 g/mol. The minimum Gasteiger partial charge on any atom is -0.381 e. The number of aromatic nitrogens is 1. The normalized spacial score (nSPS) is 14.8. The number of H-pyrrole nitrogens is 1. The van der Waals surface area contributed by atoms with Crippen molar-refractivity contribution in [3.8, 4) is 0 Å². The molecule has 0 radical (unpaired) electrons. The lowest BCUT2D eigenvalue weighted by molar-refractivity contribution is -0.122. The molecular weight excluding hydrogens is 376 g/mol. The van der Waals surface area contributed by atoms with Gasteiger partial charge in [0.25, 0.3) is 5.56 Å². The lowest BCUT2D eigenvalue weighted by Gasteiger charge is -2.32. The molecule has 0 unspecified atom stereocenters. The second kappa shape index (κ2) is 8.22. The first-order chi connectivity index (χ1) is 14.4. The van der Waals surface area contributed by atoms with Crippen molar-refractivity contribution in [2.45, 2.75) is 33.2 Å². The number of piperidine rings is 1. The summed E-state index contributed by atoms with van der Waals surface area (Å²) in [7, 11) is 0. The molecule has 2 heterocycles. The summed E-state index contributed by atoms with van der Waals surface area (Å²) in [6, 6.07) is 14.3. The summed E-state index contributed by atoms with van der Waals surface area (Å²) in [5.41, 5.74) is 11.3. The minimum atomic E-state index is -0.191. The van der Waals surface area contributed by atoms with E-state index in [1.54, 1.807) is 0 Å². The Morgan fingerprint density at radius 2 is 1.77 bits per heavy atom. The molecule has 1 amide bonds. The average molecular weight is 405 g/mol. The molecule has 156 valence electrons. The van der Waals surface area contributed by atoms with Crippen LogP contribution in [0.2, 0.25) is 0 Å². The van der Waals surface area contributed by atoms with E-state index in [2.05, 4.69) is 40.3 Å². The van der Waals surface area contributed by atoms with Gasteiger partial charge >= 0.3 is 0 Å². The molecule has 0 atom stereocenters. The van der Waals surface area contributed by atoms with Crippen LogP contribution >= 0.6 is 0 Å². The molecule has 2 aromatic carbocycles. The van der Waals surface area contributed by atoms with Crippen molar-refractivity contribution >= 4 is 28.2 Å². The van der Waals surface area contributed by atoms with Gasteiger partial charge in [-0.1, -0.05) is 12.1 Å². The van der Waals surface area contributed by atoms with Crippen LogP contribution in [-0.4, -0.2) is 24.0 Å². The van der Waals surface area contributed by atoms with Gasteiger partial charge in [0.2, 0.25) is 5.91 Å². The van der Waals surface area contributed by atoms with Gasteiger partial charge in [-0.3, -0.25) is 9.59 Å². The molecule has 30 heavy (non-hydrogen) atoms. The first-order valence-electron chi connectivity index (χ1n) is 10.4. The second-order valence-corrected chi connectivity index (χ2v) is 8.18. The van der Waals surface area contributed by atoms with E-state index in [1.807, 2.05) is 31.2 Å². The maximum absolute atomic E-state index is 12.5. The highest BCUT2D eigenvalue weighted by Gasteiger charge is 2.23. The zero-order valence-electron chi connectivity index (χ0n) is 17.5. The third-order valence-electron chi connectivity index (χ3n) is 6.13. The first kappa shape index (κ1) is 20.0. The molecule has 4 N–H and O–H groups in total. The Bertz CT molecular complexity index is 1130. The van der Waals surface area contributed by atoms with E-state index in [0.717, 1.165) is 59.3 Å². The fourth-order valence-electron chi connectivity index (χ4n) is 4.16. The van der Waals surface area contributed by atoms with E-state index in [4.69, 9.17) is 5.73 Å². The Hall–Kier alpha value is -3.28. The number of amides is 1.